The number of unbranched alkanes of at least 4 members (excludes halogenated alkanes) is 1. The molecule has 3 N–H and O–H groups in total. The Hall–Kier alpha value is -0.810. The van der Waals surface area contributed by atoms with Gasteiger partial charge < -0.3 is 16.0 Å². The van der Waals surface area contributed by atoms with Crippen LogP contribution >= 0.6 is 11.3 Å². The van der Waals surface area contributed by atoms with Crippen LogP contribution in [0.4, 0.5) is 10.1 Å². The van der Waals surface area contributed by atoms with E-state index in [0.29, 0.717) is 0 Å². The van der Waals surface area contributed by atoms with Crippen molar-refractivity contribution in [3.63, 3.8) is 0 Å². The molecule has 0 aromatic carbocycles. The lowest BCUT2D eigenvalue weighted by atomic mass is 10.3. The zero-order chi connectivity index (χ0) is 10.4. The van der Waals surface area contributed by atoms with E-state index in [2.05, 4.69) is 29.3 Å². The van der Waals surface area contributed by atoms with Crippen molar-refractivity contribution in [1.29, 1.82) is 0 Å². The zero-order valence-corrected chi connectivity index (χ0v) is 9.60. The van der Waals surface area contributed by atoms with E-state index in [0.717, 1.165) is 29.6 Å². The average molecular weight is 214 g/mol. The number of thiazole rings is 1. The maximum atomic E-state index is 5.56. The van der Waals surface area contributed by atoms with Crippen LogP contribution in [0.15, 0.2) is 6.20 Å². The van der Waals surface area contributed by atoms with Gasteiger partial charge in [0.2, 0.25) is 0 Å². The number of nitrogens with zero attached hydrogens (tertiary/aromatic N) is 2. The molecule has 14 heavy (non-hydrogen) atoms. The molecule has 4 nitrogen and oxygen atoms in total. The topological polar surface area (TPSA) is 54.2 Å². The predicted octanol–water partition coefficient (Wildman–Crippen LogP) is 1.48. The Morgan fingerprint density at radius 2 is 2.29 bits per heavy atom. The summed E-state index contributed by atoms with van der Waals surface area (Å²) >= 11 is 1.50. The van der Waals surface area contributed by atoms with E-state index in [1.807, 2.05) is 0 Å². The second-order valence-electron chi connectivity index (χ2n) is 3.50. The first-order valence-electron chi connectivity index (χ1n) is 4.78. The van der Waals surface area contributed by atoms with Gasteiger partial charge in [-0.15, -0.1) is 0 Å². The van der Waals surface area contributed by atoms with Crippen molar-refractivity contribution in [3.8, 4) is 0 Å². The molecule has 0 saturated heterocycles. The minimum atomic E-state index is 0.765. The van der Waals surface area contributed by atoms with Crippen molar-refractivity contribution >= 4 is 21.5 Å². The van der Waals surface area contributed by atoms with Crippen LogP contribution in [0.25, 0.3) is 0 Å². The number of nitrogens with one attached hydrogen (secondary N) is 1. The van der Waals surface area contributed by atoms with Crippen molar-refractivity contribution in [1.82, 2.24) is 9.88 Å². The average Bonchev–Trinajstić information content (AvgIpc) is 2.50. The summed E-state index contributed by atoms with van der Waals surface area (Å²) < 4.78 is 0. The number of rotatable bonds is 6. The smallest absolute Gasteiger partial charge is 0.184 e. The molecule has 0 radical (unpaired) electrons. The van der Waals surface area contributed by atoms with E-state index < -0.39 is 0 Å². The van der Waals surface area contributed by atoms with Crippen LogP contribution in [0.3, 0.4) is 0 Å². The molecule has 1 rings (SSSR count). The van der Waals surface area contributed by atoms with E-state index in [9.17, 15) is 0 Å². The van der Waals surface area contributed by atoms with Crippen molar-refractivity contribution in [2.24, 2.45) is 0 Å². The summed E-state index contributed by atoms with van der Waals surface area (Å²) in [6.07, 6.45) is 4.06. The summed E-state index contributed by atoms with van der Waals surface area (Å²) in [7, 11) is 4.18. The van der Waals surface area contributed by atoms with Gasteiger partial charge in [0.15, 0.2) is 5.13 Å². The minimum Gasteiger partial charge on any atom is -0.389 e. The highest BCUT2D eigenvalue weighted by atomic mass is 32.1. The molecular weight excluding hydrogens is 196 g/mol. The molecule has 0 unspecified atom stereocenters. The molecule has 0 fully saturated rings. The molecule has 0 saturated carbocycles. The number of hydrogen-bond acceptors (Lipinski definition) is 5. The molecule has 1 heterocycles. The fourth-order valence-corrected chi connectivity index (χ4v) is 1.72. The van der Waals surface area contributed by atoms with Gasteiger partial charge in [-0.05, 0) is 33.5 Å². The third-order valence-corrected chi connectivity index (χ3v) is 2.62. The maximum absolute atomic E-state index is 5.56. The highest BCUT2D eigenvalue weighted by Crippen LogP contribution is 2.19. The van der Waals surface area contributed by atoms with Gasteiger partial charge in [-0.1, -0.05) is 11.3 Å². The van der Waals surface area contributed by atoms with E-state index in [4.69, 9.17) is 5.73 Å². The molecule has 1 aromatic heterocycles. The Morgan fingerprint density at radius 1 is 1.50 bits per heavy atom. The van der Waals surface area contributed by atoms with E-state index in [1.54, 1.807) is 6.20 Å². The van der Waals surface area contributed by atoms with Gasteiger partial charge in [-0.2, -0.15) is 0 Å². The number of anilines is 2. The summed E-state index contributed by atoms with van der Waals surface area (Å²) in [6.45, 7) is 2.11. The molecule has 0 aliphatic heterocycles. The van der Waals surface area contributed by atoms with Crippen LogP contribution in [0.1, 0.15) is 12.8 Å². The number of nitrogens with two attached hydrogens (primary N) is 1. The first-order chi connectivity index (χ1) is 6.68. The lowest BCUT2D eigenvalue weighted by molar-refractivity contribution is 0.396. The summed E-state index contributed by atoms with van der Waals surface area (Å²) in [5.74, 6) is 0. The SMILES string of the molecule is CN(C)CCCCNc1ncc(N)s1. The summed E-state index contributed by atoms with van der Waals surface area (Å²) in [4.78, 5) is 6.32. The van der Waals surface area contributed by atoms with Gasteiger partial charge in [0.05, 0.1) is 6.20 Å². The fraction of sp³-hybridized carbons (Fsp3) is 0.667. The van der Waals surface area contributed by atoms with E-state index in [-0.39, 0.29) is 0 Å². The maximum Gasteiger partial charge on any atom is 0.184 e. The van der Waals surface area contributed by atoms with Gasteiger partial charge in [0, 0.05) is 6.54 Å². The summed E-state index contributed by atoms with van der Waals surface area (Å²) in [6, 6.07) is 0. The van der Waals surface area contributed by atoms with Crippen molar-refractivity contribution in [2.75, 3.05) is 38.2 Å². The molecule has 0 atom stereocenters. The number of nitrogen functional groups attached to an aromatic ring is 1. The molecule has 0 amide bonds. The van der Waals surface area contributed by atoms with Crippen LogP contribution in [0.2, 0.25) is 0 Å². The van der Waals surface area contributed by atoms with Gasteiger partial charge in [0.1, 0.15) is 5.00 Å². The van der Waals surface area contributed by atoms with Crippen LogP contribution in [0, 0.1) is 0 Å². The van der Waals surface area contributed by atoms with Crippen molar-refractivity contribution in [2.45, 2.75) is 12.8 Å². The Morgan fingerprint density at radius 3 is 2.86 bits per heavy atom. The Kier molecular flexibility index (Phi) is 4.69. The second kappa shape index (κ2) is 5.82. The highest BCUT2D eigenvalue weighted by Gasteiger charge is 1.97. The molecule has 0 aliphatic carbocycles. The Labute approximate surface area is 89.1 Å². The summed E-state index contributed by atoms with van der Waals surface area (Å²) in [5, 5.41) is 4.94. The molecular formula is C9H18N4S. The highest BCUT2D eigenvalue weighted by molar-refractivity contribution is 7.19. The third kappa shape index (κ3) is 4.43. The van der Waals surface area contributed by atoms with E-state index >= 15 is 0 Å². The molecule has 80 valence electrons. The van der Waals surface area contributed by atoms with Gasteiger partial charge in [-0.25, -0.2) is 4.98 Å². The zero-order valence-electron chi connectivity index (χ0n) is 8.79. The third-order valence-electron chi connectivity index (χ3n) is 1.83. The summed E-state index contributed by atoms with van der Waals surface area (Å²) in [5.41, 5.74) is 5.56. The lowest BCUT2D eigenvalue weighted by Crippen LogP contribution is -2.14. The molecule has 0 bridgehead atoms. The second-order valence-corrected chi connectivity index (χ2v) is 4.57. The van der Waals surface area contributed by atoms with Crippen LogP contribution in [-0.4, -0.2) is 37.1 Å². The van der Waals surface area contributed by atoms with Crippen LogP contribution in [-0.2, 0) is 0 Å². The number of hydrogen-bond donors (Lipinski definition) is 2. The van der Waals surface area contributed by atoms with E-state index in [1.165, 1.54) is 17.8 Å². The first kappa shape index (κ1) is 11.3. The predicted molar refractivity (Wildman–Crippen MR) is 62.8 cm³/mol. The quantitative estimate of drug-likeness (QED) is 0.704. The fourth-order valence-electron chi connectivity index (χ4n) is 1.12. The Balaban J connectivity index is 2.04. The lowest BCUT2D eigenvalue weighted by Gasteiger charge is -2.08. The monoisotopic (exact) mass is 214 g/mol. The van der Waals surface area contributed by atoms with Gasteiger partial charge in [0.25, 0.3) is 0 Å². The molecule has 5 heteroatoms. The normalized spacial score (nSPS) is 10.8. The van der Waals surface area contributed by atoms with Crippen molar-refractivity contribution in [3.05, 3.63) is 6.20 Å². The molecule has 0 spiro atoms. The standard InChI is InChI=1S/C9H18N4S/c1-13(2)6-4-3-5-11-9-12-7-8(10)14-9/h7H,3-6,10H2,1-2H3,(H,11,12). The van der Waals surface area contributed by atoms with Gasteiger partial charge >= 0.3 is 0 Å². The van der Waals surface area contributed by atoms with Crippen LogP contribution in [0.5, 0.6) is 0 Å². The number of aromatic nitrogens is 1. The molecule has 0 aliphatic rings. The Bertz CT molecular complexity index is 259. The first-order valence-corrected chi connectivity index (χ1v) is 5.60. The van der Waals surface area contributed by atoms with Gasteiger partial charge in [-0.3, -0.25) is 0 Å². The molecule has 1 aromatic rings. The largest absolute Gasteiger partial charge is 0.389 e. The van der Waals surface area contributed by atoms with Crippen LogP contribution < -0.4 is 11.1 Å². The minimum absolute atomic E-state index is 0.765. The van der Waals surface area contributed by atoms with Crippen molar-refractivity contribution < 1.29 is 0 Å².